The fourth-order valence-corrected chi connectivity index (χ4v) is 2.23. The Hall–Kier alpha value is -1.98. The standard InChI is InChI=1S/C15H17FN2O2/c1-20-13-6-2-5-12(16)14(13)15(19)11(8-17)10-4-3-7-18-9-10/h2-7,9,11,15,19H,8,17H2,1H3. The van der Waals surface area contributed by atoms with Crippen molar-refractivity contribution in [1.82, 2.24) is 4.98 Å². The van der Waals surface area contributed by atoms with Crippen molar-refractivity contribution in [3.05, 3.63) is 59.7 Å². The number of benzene rings is 1. The molecule has 4 nitrogen and oxygen atoms in total. The van der Waals surface area contributed by atoms with Crippen LogP contribution >= 0.6 is 0 Å². The number of aromatic nitrogens is 1. The third-order valence-electron chi connectivity index (χ3n) is 3.28. The maximum atomic E-state index is 14.0. The molecule has 0 fully saturated rings. The molecule has 1 aromatic heterocycles. The molecule has 0 aliphatic rings. The highest BCUT2D eigenvalue weighted by Gasteiger charge is 2.27. The van der Waals surface area contributed by atoms with Gasteiger partial charge in [-0.15, -0.1) is 0 Å². The lowest BCUT2D eigenvalue weighted by Crippen LogP contribution is -2.21. The Morgan fingerprint density at radius 2 is 2.15 bits per heavy atom. The molecule has 0 aliphatic carbocycles. The Balaban J connectivity index is 2.41. The van der Waals surface area contributed by atoms with E-state index in [1.54, 1.807) is 30.6 Å². The molecule has 0 aliphatic heterocycles. The number of rotatable bonds is 5. The van der Waals surface area contributed by atoms with Gasteiger partial charge in [-0.1, -0.05) is 12.1 Å². The molecule has 20 heavy (non-hydrogen) atoms. The van der Waals surface area contributed by atoms with Crippen molar-refractivity contribution in [1.29, 1.82) is 0 Å². The van der Waals surface area contributed by atoms with Gasteiger partial charge in [-0.05, 0) is 23.8 Å². The van der Waals surface area contributed by atoms with Crippen LogP contribution in [-0.2, 0) is 0 Å². The van der Waals surface area contributed by atoms with E-state index in [0.29, 0.717) is 5.75 Å². The zero-order chi connectivity index (χ0) is 14.5. The zero-order valence-corrected chi connectivity index (χ0v) is 11.2. The third kappa shape index (κ3) is 2.79. The number of halogens is 1. The second-order valence-electron chi connectivity index (χ2n) is 4.43. The molecular formula is C15H17FN2O2. The van der Waals surface area contributed by atoms with Crippen LogP contribution in [0.25, 0.3) is 0 Å². The summed E-state index contributed by atoms with van der Waals surface area (Å²) in [5.74, 6) is -0.659. The summed E-state index contributed by atoms with van der Waals surface area (Å²) in [5, 5.41) is 10.5. The van der Waals surface area contributed by atoms with Gasteiger partial charge in [-0.25, -0.2) is 4.39 Å². The number of aliphatic hydroxyl groups is 1. The summed E-state index contributed by atoms with van der Waals surface area (Å²) in [4.78, 5) is 4.00. The molecule has 1 heterocycles. The number of pyridine rings is 1. The van der Waals surface area contributed by atoms with Crippen LogP contribution in [0.2, 0.25) is 0 Å². The predicted molar refractivity (Wildman–Crippen MR) is 73.9 cm³/mol. The van der Waals surface area contributed by atoms with Gasteiger partial charge in [0.25, 0.3) is 0 Å². The van der Waals surface area contributed by atoms with E-state index in [-0.39, 0.29) is 12.1 Å². The Kier molecular flexibility index (Phi) is 4.65. The molecule has 3 N–H and O–H groups in total. The van der Waals surface area contributed by atoms with Crippen molar-refractivity contribution in [3.8, 4) is 5.75 Å². The molecular weight excluding hydrogens is 259 g/mol. The van der Waals surface area contributed by atoms with Gasteiger partial charge < -0.3 is 15.6 Å². The lowest BCUT2D eigenvalue weighted by molar-refractivity contribution is 0.139. The Morgan fingerprint density at radius 3 is 2.75 bits per heavy atom. The Bertz CT molecular complexity index is 563. The van der Waals surface area contributed by atoms with Crippen molar-refractivity contribution in [2.75, 3.05) is 13.7 Å². The van der Waals surface area contributed by atoms with Crippen molar-refractivity contribution in [2.45, 2.75) is 12.0 Å². The van der Waals surface area contributed by atoms with Crippen LogP contribution in [0.3, 0.4) is 0 Å². The lowest BCUT2D eigenvalue weighted by atomic mass is 9.89. The average Bonchev–Trinajstić information content (AvgIpc) is 2.48. The average molecular weight is 276 g/mol. The van der Waals surface area contributed by atoms with Gasteiger partial charge in [0.1, 0.15) is 11.6 Å². The van der Waals surface area contributed by atoms with Crippen molar-refractivity contribution < 1.29 is 14.2 Å². The molecule has 5 heteroatoms. The van der Waals surface area contributed by atoms with E-state index >= 15 is 0 Å². The maximum absolute atomic E-state index is 14.0. The van der Waals surface area contributed by atoms with Crippen LogP contribution in [0.5, 0.6) is 5.75 Å². The Labute approximate surface area is 117 Å². The van der Waals surface area contributed by atoms with Crippen LogP contribution in [0.4, 0.5) is 4.39 Å². The number of ether oxygens (including phenoxy) is 1. The van der Waals surface area contributed by atoms with E-state index in [2.05, 4.69) is 4.98 Å². The summed E-state index contributed by atoms with van der Waals surface area (Å²) in [7, 11) is 1.44. The third-order valence-corrected chi connectivity index (χ3v) is 3.28. The van der Waals surface area contributed by atoms with Gasteiger partial charge in [-0.3, -0.25) is 4.98 Å². The van der Waals surface area contributed by atoms with Crippen molar-refractivity contribution in [2.24, 2.45) is 5.73 Å². The van der Waals surface area contributed by atoms with Gasteiger partial charge in [0, 0.05) is 24.9 Å². The smallest absolute Gasteiger partial charge is 0.132 e. The van der Waals surface area contributed by atoms with E-state index in [9.17, 15) is 9.50 Å². The summed E-state index contributed by atoms with van der Waals surface area (Å²) in [6, 6.07) is 7.99. The fourth-order valence-electron chi connectivity index (χ4n) is 2.23. The zero-order valence-electron chi connectivity index (χ0n) is 11.2. The van der Waals surface area contributed by atoms with Crippen molar-refractivity contribution in [3.63, 3.8) is 0 Å². The van der Waals surface area contributed by atoms with E-state index in [1.807, 2.05) is 0 Å². The SMILES string of the molecule is COc1cccc(F)c1C(O)C(CN)c1cccnc1. The van der Waals surface area contributed by atoms with Gasteiger partial charge >= 0.3 is 0 Å². The summed E-state index contributed by atoms with van der Waals surface area (Å²) in [6.45, 7) is 0.171. The Morgan fingerprint density at radius 1 is 1.35 bits per heavy atom. The molecule has 2 atom stereocenters. The minimum Gasteiger partial charge on any atom is -0.496 e. The van der Waals surface area contributed by atoms with Crippen molar-refractivity contribution >= 4 is 0 Å². The molecule has 2 aromatic rings. The number of nitrogens with zero attached hydrogens (tertiary/aromatic N) is 1. The minimum absolute atomic E-state index is 0.120. The fraction of sp³-hybridized carbons (Fsp3) is 0.267. The molecule has 0 spiro atoms. The van der Waals surface area contributed by atoms with Gasteiger partial charge in [-0.2, -0.15) is 0 Å². The van der Waals surface area contributed by atoms with Gasteiger partial charge in [0.05, 0.1) is 18.8 Å². The number of hydrogen-bond donors (Lipinski definition) is 2. The van der Waals surface area contributed by atoms with Crippen LogP contribution in [0, 0.1) is 5.82 Å². The minimum atomic E-state index is -1.10. The number of aliphatic hydroxyl groups excluding tert-OH is 1. The molecule has 0 saturated heterocycles. The molecule has 0 saturated carbocycles. The number of hydrogen-bond acceptors (Lipinski definition) is 4. The van der Waals surface area contributed by atoms with E-state index < -0.39 is 17.8 Å². The quantitative estimate of drug-likeness (QED) is 0.876. The van der Waals surface area contributed by atoms with Crippen LogP contribution < -0.4 is 10.5 Å². The molecule has 2 rings (SSSR count). The van der Waals surface area contributed by atoms with E-state index in [4.69, 9.17) is 10.5 Å². The van der Waals surface area contributed by atoms with Gasteiger partial charge in [0.2, 0.25) is 0 Å². The van der Waals surface area contributed by atoms with Crippen LogP contribution in [0.1, 0.15) is 23.1 Å². The summed E-state index contributed by atoms with van der Waals surface area (Å²) in [5.41, 5.74) is 6.61. The summed E-state index contributed by atoms with van der Waals surface area (Å²) < 4.78 is 19.1. The number of nitrogens with two attached hydrogens (primary N) is 1. The lowest BCUT2D eigenvalue weighted by Gasteiger charge is -2.23. The van der Waals surface area contributed by atoms with Gasteiger partial charge in [0.15, 0.2) is 0 Å². The monoisotopic (exact) mass is 276 g/mol. The molecule has 0 radical (unpaired) electrons. The largest absolute Gasteiger partial charge is 0.496 e. The number of methoxy groups -OCH3 is 1. The molecule has 0 amide bonds. The molecule has 106 valence electrons. The topological polar surface area (TPSA) is 68.4 Å². The van der Waals surface area contributed by atoms with Crippen LogP contribution in [0.15, 0.2) is 42.7 Å². The second-order valence-corrected chi connectivity index (χ2v) is 4.43. The first kappa shape index (κ1) is 14.4. The molecule has 2 unspecified atom stereocenters. The highest BCUT2D eigenvalue weighted by atomic mass is 19.1. The van der Waals surface area contributed by atoms with Crippen LogP contribution in [-0.4, -0.2) is 23.7 Å². The first-order valence-electron chi connectivity index (χ1n) is 6.29. The molecule has 0 bridgehead atoms. The second kappa shape index (κ2) is 6.45. The van der Waals surface area contributed by atoms with E-state index in [0.717, 1.165) is 5.56 Å². The normalized spacial score (nSPS) is 13.8. The first-order valence-corrected chi connectivity index (χ1v) is 6.29. The highest BCUT2D eigenvalue weighted by Crippen LogP contribution is 2.36. The first-order chi connectivity index (χ1) is 9.69. The molecule has 1 aromatic carbocycles. The highest BCUT2D eigenvalue weighted by molar-refractivity contribution is 5.38. The predicted octanol–water partition coefficient (Wildman–Crippen LogP) is 2.01. The van der Waals surface area contributed by atoms with E-state index in [1.165, 1.54) is 19.2 Å². The summed E-state index contributed by atoms with van der Waals surface area (Å²) >= 11 is 0. The summed E-state index contributed by atoms with van der Waals surface area (Å²) in [6.07, 6.45) is 2.15. The maximum Gasteiger partial charge on any atom is 0.132 e.